The molecule has 3 aromatic heterocycles. The molecule has 0 bridgehead atoms. The number of fused-ring (bicyclic) bond motifs is 11. The maximum absolute atomic E-state index is 6.12. The summed E-state index contributed by atoms with van der Waals surface area (Å²) in [6.45, 7) is 0. The van der Waals surface area contributed by atoms with Crippen molar-refractivity contribution in [2.45, 2.75) is 0 Å². The van der Waals surface area contributed by atoms with Gasteiger partial charge >= 0.3 is 0 Å². The van der Waals surface area contributed by atoms with Crippen LogP contribution in [-0.2, 0) is 7.05 Å². The molecule has 0 amide bonds. The number of aryl methyl sites for hydroxylation is 1. The van der Waals surface area contributed by atoms with E-state index >= 15 is 0 Å². The molecule has 7 aromatic rings. The van der Waals surface area contributed by atoms with E-state index in [-0.39, 0.29) is 0 Å². The zero-order chi connectivity index (χ0) is 18.4. The van der Waals surface area contributed by atoms with Gasteiger partial charge in [0.25, 0.3) is 0 Å². The Hall–Kier alpha value is -3.72. The lowest BCUT2D eigenvalue weighted by molar-refractivity contribution is 0.669. The number of hydrogen-bond acceptors (Lipinski definition) is 2. The first-order valence-electron chi connectivity index (χ1n) is 9.44. The summed E-state index contributed by atoms with van der Waals surface area (Å²) in [5.41, 5.74) is 6.11. The van der Waals surface area contributed by atoms with Crippen molar-refractivity contribution in [1.29, 1.82) is 0 Å². The molecule has 0 unspecified atom stereocenters. The lowest BCUT2D eigenvalue weighted by Gasteiger charge is -2.01. The molecule has 28 heavy (non-hydrogen) atoms. The Morgan fingerprint density at radius 1 is 0.500 bits per heavy atom. The molecule has 0 aliphatic rings. The molecule has 0 saturated carbocycles. The van der Waals surface area contributed by atoms with Gasteiger partial charge in [-0.1, -0.05) is 36.4 Å². The standard InChI is InChI=1S/C25H15NO2/c1-26-24-14(10-12-20-22(24)16-6-2-4-8-18(16)27-20)15-11-13-21-23(25(15)26)17-7-3-5-9-19(17)28-21/h2-13H,1H3. The van der Waals surface area contributed by atoms with Crippen LogP contribution in [0.15, 0.2) is 81.6 Å². The van der Waals surface area contributed by atoms with Gasteiger partial charge in [0.2, 0.25) is 0 Å². The van der Waals surface area contributed by atoms with Crippen LogP contribution >= 0.6 is 0 Å². The highest BCUT2D eigenvalue weighted by Gasteiger charge is 2.19. The summed E-state index contributed by atoms with van der Waals surface area (Å²) in [6.07, 6.45) is 0. The van der Waals surface area contributed by atoms with E-state index in [1.54, 1.807) is 0 Å². The minimum absolute atomic E-state index is 0.924. The molecule has 3 nitrogen and oxygen atoms in total. The third-order valence-electron chi connectivity index (χ3n) is 5.99. The largest absolute Gasteiger partial charge is 0.456 e. The van der Waals surface area contributed by atoms with Crippen molar-refractivity contribution in [3.8, 4) is 0 Å². The quantitative estimate of drug-likeness (QED) is 0.288. The van der Waals surface area contributed by atoms with Crippen molar-refractivity contribution in [2.75, 3.05) is 0 Å². The van der Waals surface area contributed by atoms with Crippen LogP contribution in [0.3, 0.4) is 0 Å². The average Bonchev–Trinajstić information content (AvgIpc) is 3.37. The average molecular weight is 361 g/mol. The fraction of sp³-hybridized carbons (Fsp3) is 0.0400. The molecule has 0 fully saturated rings. The van der Waals surface area contributed by atoms with Gasteiger partial charge < -0.3 is 13.4 Å². The summed E-state index contributed by atoms with van der Waals surface area (Å²) in [7, 11) is 2.15. The lowest BCUT2D eigenvalue weighted by Crippen LogP contribution is -1.88. The highest BCUT2D eigenvalue weighted by molar-refractivity contribution is 6.29. The van der Waals surface area contributed by atoms with Gasteiger partial charge in [-0.2, -0.15) is 0 Å². The molecular formula is C25H15NO2. The maximum Gasteiger partial charge on any atom is 0.137 e. The fourth-order valence-electron chi connectivity index (χ4n) is 4.84. The van der Waals surface area contributed by atoms with Crippen LogP contribution in [0.1, 0.15) is 0 Å². The normalized spacial score (nSPS) is 12.5. The Morgan fingerprint density at radius 2 is 0.964 bits per heavy atom. The Labute approximate surface area is 159 Å². The summed E-state index contributed by atoms with van der Waals surface area (Å²) in [5.74, 6) is 0. The third kappa shape index (κ3) is 1.57. The van der Waals surface area contributed by atoms with E-state index < -0.39 is 0 Å². The second-order valence-electron chi connectivity index (χ2n) is 7.43. The Balaban J connectivity index is 1.82. The Kier molecular flexibility index (Phi) is 2.44. The topological polar surface area (TPSA) is 31.2 Å². The fourth-order valence-corrected chi connectivity index (χ4v) is 4.84. The molecule has 3 heterocycles. The van der Waals surface area contributed by atoms with Crippen molar-refractivity contribution < 1.29 is 8.83 Å². The van der Waals surface area contributed by atoms with E-state index in [9.17, 15) is 0 Å². The van der Waals surface area contributed by atoms with E-state index in [0.29, 0.717) is 0 Å². The van der Waals surface area contributed by atoms with Crippen molar-refractivity contribution in [3.05, 3.63) is 72.8 Å². The molecule has 7 rings (SSSR count). The molecule has 3 heteroatoms. The molecule has 0 radical (unpaired) electrons. The monoisotopic (exact) mass is 361 g/mol. The highest BCUT2D eigenvalue weighted by atomic mass is 16.3. The Morgan fingerprint density at radius 3 is 1.46 bits per heavy atom. The summed E-state index contributed by atoms with van der Waals surface area (Å²) in [5, 5.41) is 7.14. The molecule has 0 saturated heterocycles. The molecule has 0 spiro atoms. The Bertz CT molecular complexity index is 1600. The van der Waals surface area contributed by atoms with Gasteiger partial charge in [-0.15, -0.1) is 0 Å². The number of furan rings is 2. The van der Waals surface area contributed by atoms with Crippen molar-refractivity contribution in [1.82, 2.24) is 4.57 Å². The van der Waals surface area contributed by atoms with Crippen LogP contribution in [0.2, 0.25) is 0 Å². The summed E-state index contributed by atoms with van der Waals surface area (Å²) >= 11 is 0. The second kappa shape index (κ2) is 4.76. The van der Waals surface area contributed by atoms with E-state index in [1.807, 2.05) is 24.3 Å². The zero-order valence-corrected chi connectivity index (χ0v) is 15.2. The van der Waals surface area contributed by atoms with E-state index in [2.05, 4.69) is 60.1 Å². The summed E-state index contributed by atoms with van der Waals surface area (Å²) in [6, 6.07) is 25.1. The van der Waals surface area contributed by atoms with Gasteiger partial charge in [-0.3, -0.25) is 0 Å². The van der Waals surface area contributed by atoms with Crippen molar-refractivity contribution >= 4 is 65.7 Å². The van der Waals surface area contributed by atoms with Crippen molar-refractivity contribution in [3.63, 3.8) is 0 Å². The van der Waals surface area contributed by atoms with E-state index in [4.69, 9.17) is 8.83 Å². The summed E-state index contributed by atoms with van der Waals surface area (Å²) in [4.78, 5) is 0. The van der Waals surface area contributed by atoms with Crippen LogP contribution in [0.4, 0.5) is 0 Å². The van der Waals surface area contributed by atoms with Gasteiger partial charge in [0.15, 0.2) is 0 Å². The van der Waals surface area contributed by atoms with Crippen molar-refractivity contribution in [2.24, 2.45) is 7.05 Å². The highest BCUT2D eigenvalue weighted by Crippen LogP contribution is 2.42. The van der Waals surface area contributed by atoms with Gasteiger partial charge in [0.1, 0.15) is 22.3 Å². The van der Waals surface area contributed by atoms with Crippen LogP contribution in [-0.4, -0.2) is 4.57 Å². The molecular weight excluding hydrogens is 346 g/mol. The summed E-state index contributed by atoms with van der Waals surface area (Å²) < 4.78 is 14.5. The van der Waals surface area contributed by atoms with Crippen LogP contribution in [0.5, 0.6) is 0 Å². The number of hydrogen-bond donors (Lipinski definition) is 0. The molecule has 0 atom stereocenters. The molecule has 0 aliphatic carbocycles. The third-order valence-corrected chi connectivity index (χ3v) is 5.99. The predicted octanol–water partition coefficient (Wildman–Crippen LogP) is 7.13. The van der Waals surface area contributed by atoms with Gasteiger partial charge in [0.05, 0.1) is 21.8 Å². The number of aromatic nitrogens is 1. The first kappa shape index (κ1) is 14.4. The zero-order valence-electron chi connectivity index (χ0n) is 15.2. The van der Waals surface area contributed by atoms with E-state index in [1.165, 1.54) is 32.6 Å². The predicted molar refractivity (Wildman–Crippen MR) is 115 cm³/mol. The molecule has 0 aliphatic heterocycles. The van der Waals surface area contributed by atoms with Gasteiger partial charge in [-0.25, -0.2) is 0 Å². The number of rotatable bonds is 0. The SMILES string of the molecule is Cn1c2c(ccc3oc4ccccc4c32)c2ccc3oc4ccccc4c3c21. The van der Waals surface area contributed by atoms with Crippen LogP contribution in [0, 0.1) is 0 Å². The minimum atomic E-state index is 0.924. The number of nitrogens with zero attached hydrogens (tertiary/aromatic N) is 1. The van der Waals surface area contributed by atoms with Crippen LogP contribution < -0.4 is 0 Å². The number of para-hydroxylation sites is 2. The van der Waals surface area contributed by atoms with Crippen LogP contribution in [0.25, 0.3) is 65.7 Å². The lowest BCUT2D eigenvalue weighted by atomic mass is 10.1. The second-order valence-corrected chi connectivity index (χ2v) is 7.43. The maximum atomic E-state index is 6.12. The van der Waals surface area contributed by atoms with Gasteiger partial charge in [-0.05, 0) is 36.4 Å². The first-order valence-corrected chi connectivity index (χ1v) is 9.44. The molecule has 4 aromatic carbocycles. The minimum Gasteiger partial charge on any atom is -0.456 e. The molecule has 0 N–H and O–H groups in total. The first-order chi connectivity index (χ1) is 13.8. The smallest absolute Gasteiger partial charge is 0.137 e. The van der Waals surface area contributed by atoms with Gasteiger partial charge in [0, 0.05) is 28.6 Å². The number of benzene rings is 4. The van der Waals surface area contributed by atoms with E-state index in [0.717, 1.165) is 33.1 Å². The molecule has 132 valence electrons.